The molecule has 35 heavy (non-hydrogen) atoms. The number of nitrogens with zero attached hydrogens (tertiary/aromatic N) is 2. The zero-order chi connectivity index (χ0) is 24.8. The van der Waals surface area contributed by atoms with Gasteiger partial charge in [-0.3, -0.25) is 4.79 Å². The molecule has 7 heteroatoms. The van der Waals surface area contributed by atoms with Gasteiger partial charge in [0.15, 0.2) is 5.78 Å². The van der Waals surface area contributed by atoms with E-state index in [1.165, 1.54) is 0 Å². The van der Waals surface area contributed by atoms with Crippen LogP contribution < -0.4 is 4.90 Å². The number of anilines is 1. The topological polar surface area (TPSA) is 76.2 Å². The van der Waals surface area contributed by atoms with Crippen LogP contribution in [0.1, 0.15) is 48.0 Å². The van der Waals surface area contributed by atoms with Gasteiger partial charge in [-0.15, -0.1) is 0 Å². The monoisotopic (exact) mass is 476 g/mol. The van der Waals surface area contributed by atoms with Gasteiger partial charge in [-0.05, 0) is 55.0 Å². The number of benzene rings is 2. The van der Waals surface area contributed by atoms with Gasteiger partial charge >= 0.3 is 17.8 Å². The molecule has 0 amide bonds. The summed E-state index contributed by atoms with van der Waals surface area (Å²) in [6, 6.07) is 17.5. The standard InChI is InChI=1S/C28H32N2O5/c1-29(2)24-13-11-23(12-14-24)25(31)10-6-9-21-17-18-30(20-22-7-4-3-5-8-22)28(19-21)34-26(32)15-16-27(33)35-28/h3-5,7-8,11-16,21H,6,9-10,17-20H2,1-2H3. The smallest absolute Gasteiger partial charge is 0.335 e. The summed E-state index contributed by atoms with van der Waals surface area (Å²) in [6.07, 6.45) is 5.41. The highest BCUT2D eigenvalue weighted by atomic mass is 16.8. The predicted molar refractivity (Wildman–Crippen MR) is 133 cm³/mol. The highest BCUT2D eigenvalue weighted by Crippen LogP contribution is 2.39. The van der Waals surface area contributed by atoms with Gasteiger partial charge < -0.3 is 14.4 Å². The number of esters is 2. The number of likely N-dealkylation sites (tertiary alicyclic amines) is 1. The Bertz CT molecular complexity index is 1060. The van der Waals surface area contributed by atoms with Crippen LogP contribution >= 0.6 is 0 Å². The molecule has 2 heterocycles. The molecular weight excluding hydrogens is 444 g/mol. The number of piperidine rings is 1. The third kappa shape index (κ3) is 6.17. The molecule has 1 saturated heterocycles. The van der Waals surface area contributed by atoms with Gasteiger partial charge in [0.25, 0.3) is 0 Å². The Balaban J connectivity index is 1.40. The second-order valence-corrected chi connectivity index (χ2v) is 9.41. The molecule has 0 bridgehead atoms. The fourth-order valence-corrected chi connectivity index (χ4v) is 4.75. The van der Waals surface area contributed by atoms with Crippen molar-refractivity contribution in [2.75, 3.05) is 25.5 Å². The largest absolute Gasteiger partial charge is 0.405 e. The van der Waals surface area contributed by atoms with E-state index in [9.17, 15) is 14.4 Å². The van der Waals surface area contributed by atoms with Gasteiger partial charge in [0, 0.05) is 63.4 Å². The lowest BCUT2D eigenvalue weighted by Crippen LogP contribution is -2.58. The van der Waals surface area contributed by atoms with Crippen LogP contribution in [0.15, 0.2) is 66.7 Å². The molecule has 1 atom stereocenters. The number of ether oxygens (including phenoxy) is 2. The summed E-state index contributed by atoms with van der Waals surface area (Å²) in [6.45, 7) is 1.11. The Labute approximate surface area is 206 Å². The molecule has 2 aliphatic rings. The van der Waals surface area contributed by atoms with E-state index in [2.05, 4.69) is 0 Å². The first-order valence-corrected chi connectivity index (χ1v) is 12.1. The van der Waals surface area contributed by atoms with Crippen molar-refractivity contribution in [1.29, 1.82) is 0 Å². The fraction of sp³-hybridized carbons (Fsp3) is 0.393. The van der Waals surface area contributed by atoms with Gasteiger partial charge in [-0.1, -0.05) is 30.3 Å². The van der Waals surface area contributed by atoms with Crippen molar-refractivity contribution in [2.24, 2.45) is 5.92 Å². The number of ketones is 1. The van der Waals surface area contributed by atoms with Crippen LogP contribution in [0.25, 0.3) is 0 Å². The Morgan fingerprint density at radius 3 is 2.29 bits per heavy atom. The summed E-state index contributed by atoms with van der Waals surface area (Å²) in [5, 5.41) is 0. The highest BCUT2D eigenvalue weighted by Gasteiger charge is 2.49. The molecule has 0 radical (unpaired) electrons. The molecule has 1 spiro atoms. The Hall–Kier alpha value is -3.45. The van der Waals surface area contributed by atoms with Gasteiger partial charge in [-0.25, -0.2) is 14.5 Å². The molecule has 7 nitrogen and oxygen atoms in total. The maximum absolute atomic E-state index is 12.7. The third-order valence-corrected chi connectivity index (χ3v) is 6.65. The lowest BCUT2D eigenvalue weighted by Gasteiger charge is -2.46. The lowest BCUT2D eigenvalue weighted by molar-refractivity contribution is -0.302. The van der Waals surface area contributed by atoms with E-state index in [1.807, 2.05) is 78.5 Å². The Morgan fingerprint density at radius 1 is 1.00 bits per heavy atom. The molecule has 0 N–H and O–H groups in total. The summed E-state index contributed by atoms with van der Waals surface area (Å²) < 4.78 is 11.5. The third-order valence-electron chi connectivity index (χ3n) is 6.65. The van der Waals surface area contributed by atoms with Crippen molar-refractivity contribution >= 4 is 23.4 Å². The van der Waals surface area contributed by atoms with Gasteiger partial charge in [0.1, 0.15) is 0 Å². The number of Topliss-reactive ketones (excluding diaryl/α,β-unsaturated/α-hetero) is 1. The fourth-order valence-electron chi connectivity index (χ4n) is 4.75. The van der Waals surface area contributed by atoms with Crippen LogP contribution in [0.2, 0.25) is 0 Å². The SMILES string of the molecule is CN(C)c1ccc(C(=O)CCCC2CCN(Cc3ccccc3)C3(C2)OC(=O)C=CC(=O)O3)cc1. The minimum atomic E-state index is -1.44. The molecule has 0 saturated carbocycles. The van der Waals surface area contributed by atoms with Crippen LogP contribution in [-0.4, -0.2) is 49.2 Å². The van der Waals surface area contributed by atoms with E-state index in [-0.39, 0.29) is 11.7 Å². The van der Waals surface area contributed by atoms with Crippen molar-refractivity contribution < 1.29 is 23.9 Å². The summed E-state index contributed by atoms with van der Waals surface area (Å²) in [7, 11) is 3.93. The summed E-state index contributed by atoms with van der Waals surface area (Å²) in [5.74, 6) is -2.35. The zero-order valence-electron chi connectivity index (χ0n) is 20.3. The maximum atomic E-state index is 12.7. The van der Waals surface area contributed by atoms with Crippen molar-refractivity contribution in [1.82, 2.24) is 4.90 Å². The first-order valence-electron chi connectivity index (χ1n) is 12.1. The molecular formula is C28H32N2O5. The molecule has 1 unspecified atom stereocenters. The van der Waals surface area contributed by atoms with Gasteiger partial charge in [0.05, 0.1) is 0 Å². The minimum Gasteiger partial charge on any atom is -0.405 e. The van der Waals surface area contributed by atoms with E-state index < -0.39 is 17.8 Å². The van der Waals surface area contributed by atoms with Crippen molar-refractivity contribution in [2.45, 2.75) is 44.6 Å². The van der Waals surface area contributed by atoms with E-state index in [4.69, 9.17) is 9.47 Å². The van der Waals surface area contributed by atoms with Gasteiger partial charge in [0.2, 0.25) is 0 Å². The van der Waals surface area contributed by atoms with Crippen molar-refractivity contribution in [3.05, 3.63) is 77.9 Å². The van der Waals surface area contributed by atoms with Crippen LogP contribution in [0.5, 0.6) is 0 Å². The molecule has 184 valence electrons. The number of hydrogen-bond donors (Lipinski definition) is 0. The lowest BCUT2D eigenvalue weighted by atomic mass is 9.88. The highest BCUT2D eigenvalue weighted by molar-refractivity contribution is 5.96. The number of carbonyl (C=O) groups is 3. The van der Waals surface area contributed by atoms with E-state index in [1.54, 1.807) is 0 Å². The first kappa shape index (κ1) is 24.7. The average Bonchev–Trinajstić information content (AvgIpc) is 2.99. The molecule has 0 aliphatic carbocycles. The summed E-state index contributed by atoms with van der Waals surface area (Å²) >= 11 is 0. The number of carbonyl (C=O) groups excluding carboxylic acids is 3. The van der Waals surface area contributed by atoms with E-state index in [0.717, 1.165) is 36.2 Å². The van der Waals surface area contributed by atoms with Crippen LogP contribution in [0, 0.1) is 5.92 Å². The number of rotatable bonds is 8. The number of hydrogen-bond acceptors (Lipinski definition) is 7. The normalized spacial score (nSPS) is 19.7. The maximum Gasteiger partial charge on any atom is 0.335 e. The molecule has 2 aliphatic heterocycles. The summed E-state index contributed by atoms with van der Waals surface area (Å²) in [4.78, 5) is 41.2. The first-order chi connectivity index (χ1) is 16.8. The van der Waals surface area contributed by atoms with Crippen LogP contribution in [-0.2, 0) is 25.6 Å². The quantitative estimate of drug-likeness (QED) is 0.415. The molecule has 4 rings (SSSR count). The van der Waals surface area contributed by atoms with E-state index >= 15 is 0 Å². The molecule has 0 aromatic heterocycles. The van der Waals surface area contributed by atoms with Crippen molar-refractivity contribution in [3.8, 4) is 0 Å². The van der Waals surface area contributed by atoms with Crippen LogP contribution in [0.3, 0.4) is 0 Å². The minimum absolute atomic E-state index is 0.114. The Kier molecular flexibility index (Phi) is 7.66. The molecule has 2 aromatic rings. The predicted octanol–water partition coefficient (Wildman–Crippen LogP) is 4.33. The van der Waals surface area contributed by atoms with Crippen LogP contribution in [0.4, 0.5) is 5.69 Å². The van der Waals surface area contributed by atoms with E-state index in [0.29, 0.717) is 37.9 Å². The second-order valence-electron chi connectivity index (χ2n) is 9.41. The molecule has 2 aromatic carbocycles. The van der Waals surface area contributed by atoms with Crippen molar-refractivity contribution in [3.63, 3.8) is 0 Å². The summed E-state index contributed by atoms with van der Waals surface area (Å²) in [5.41, 5.74) is 2.80. The Morgan fingerprint density at radius 2 is 1.66 bits per heavy atom. The zero-order valence-corrected chi connectivity index (χ0v) is 20.3. The second kappa shape index (κ2) is 10.9. The molecule has 1 fully saturated rings. The van der Waals surface area contributed by atoms with Gasteiger partial charge in [-0.2, -0.15) is 0 Å². The average molecular weight is 477 g/mol.